The molecule has 7 heteroatoms. The Labute approximate surface area is 183 Å². The van der Waals surface area contributed by atoms with Crippen LogP contribution in [0.25, 0.3) is 16.8 Å². The molecular formula is C23H28ClN5O. The lowest BCUT2D eigenvalue weighted by molar-refractivity contribution is 0.0684. The molecule has 1 amide bonds. The summed E-state index contributed by atoms with van der Waals surface area (Å²) in [6, 6.07) is 18.4. The third kappa shape index (κ3) is 4.55. The third-order valence-corrected chi connectivity index (χ3v) is 5.71. The van der Waals surface area contributed by atoms with Crippen LogP contribution in [-0.2, 0) is 0 Å². The summed E-state index contributed by atoms with van der Waals surface area (Å²) >= 11 is 0. The number of benzene rings is 2. The number of carbonyl (C=O) groups is 1. The highest BCUT2D eigenvalue weighted by atomic mass is 35.5. The van der Waals surface area contributed by atoms with E-state index in [1.54, 1.807) is 4.68 Å². The van der Waals surface area contributed by atoms with Gasteiger partial charge in [0.25, 0.3) is 5.91 Å². The molecule has 30 heavy (non-hydrogen) atoms. The number of piperidine rings is 1. The molecule has 1 aliphatic heterocycles. The summed E-state index contributed by atoms with van der Waals surface area (Å²) in [6.45, 7) is 4.48. The number of nitrogens with zero attached hydrogens (tertiary/aromatic N) is 4. The van der Waals surface area contributed by atoms with Crippen molar-refractivity contribution in [2.75, 3.05) is 26.7 Å². The topological polar surface area (TPSA) is 63.1 Å². The van der Waals surface area contributed by atoms with Crippen LogP contribution in [0, 0.1) is 12.8 Å². The van der Waals surface area contributed by atoms with Crippen LogP contribution in [0.2, 0.25) is 0 Å². The Morgan fingerprint density at radius 1 is 1.03 bits per heavy atom. The average Bonchev–Trinajstić information content (AvgIpc) is 3.16. The van der Waals surface area contributed by atoms with Gasteiger partial charge in [-0.1, -0.05) is 47.7 Å². The van der Waals surface area contributed by atoms with Crippen molar-refractivity contribution in [1.82, 2.24) is 25.2 Å². The summed E-state index contributed by atoms with van der Waals surface area (Å²) in [4.78, 5) is 14.9. The number of rotatable bonds is 5. The van der Waals surface area contributed by atoms with E-state index in [-0.39, 0.29) is 18.3 Å². The first-order valence-electron chi connectivity index (χ1n) is 10.2. The maximum Gasteiger partial charge on any atom is 0.276 e. The zero-order valence-corrected chi connectivity index (χ0v) is 18.2. The van der Waals surface area contributed by atoms with E-state index in [1.807, 2.05) is 49.2 Å². The predicted octanol–water partition coefficient (Wildman–Crippen LogP) is 3.74. The Balaban J connectivity index is 0.00000256. The SMILES string of the molecule is CNCC1CCN(C(=O)c2nnn(-c3ccc(-c4ccccc4)cc3)c2C)CC1.Cl. The molecule has 3 aromatic rings. The van der Waals surface area contributed by atoms with Crippen LogP contribution in [0.15, 0.2) is 54.6 Å². The van der Waals surface area contributed by atoms with E-state index in [0.717, 1.165) is 49.4 Å². The first-order valence-corrected chi connectivity index (χ1v) is 10.2. The molecule has 1 aliphatic rings. The Morgan fingerprint density at radius 3 is 2.30 bits per heavy atom. The number of likely N-dealkylation sites (tertiary alicyclic amines) is 1. The summed E-state index contributed by atoms with van der Waals surface area (Å²) in [5.74, 6) is 0.626. The quantitative estimate of drug-likeness (QED) is 0.676. The number of hydrogen-bond acceptors (Lipinski definition) is 4. The number of aromatic nitrogens is 3. The molecule has 2 heterocycles. The van der Waals surface area contributed by atoms with Gasteiger partial charge in [-0.2, -0.15) is 0 Å². The van der Waals surface area contributed by atoms with Gasteiger partial charge in [0.1, 0.15) is 0 Å². The number of carbonyl (C=O) groups excluding carboxylic acids is 1. The van der Waals surface area contributed by atoms with Gasteiger partial charge >= 0.3 is 0 Å². The maximum atomic E-state index is 13.0. The number of amides is 1. The fourth-order valence-corrected chi connectivity index (χ4v) is 3.98. The van der Waals surface area contributed by atoms with E-state index in [0.29, 0.717) is 11.6 Å². The van der Waals surface area contributed by atoms with E-state index in [4.69, 9.17) is 0 Å². The second-order valence-electron chi connectivity index (χ2n) is 7.64. The van der Waals surface area contributed by atoms with Crippen LogP contribution in [0.4, 0.5) is 0 Å². The molecule has 158 valence electrons. The zero-order chi connectivity index (χ0) is 20.2. The second-order valence-corrected chi connectivity index (χ2v) is 7.64. The molecular weight excluding hydrogens is 398 g/mol. The highest BCUT2D eigenvalue weighted by molar-refractivity contribution is 5.93. The molecule has 0 atom stereocenters. The van der Waals surface area contributed by atoms with Crippen LogP contribution in [0.1, 0.15) is 29.0 Å². The lowest BCUT2D eigenvalue weighted by Gasteiger charge is -2.31. The van der Waals surface area contributed by atoms with Crippen LogP contribution < -0.4 is 5.32 Å². The molecule has 1 N–H and O–H groups in total. The molecule has 0 spiro atoms. The van der Waals surface area contributed by atoms with E-state index in [2.05, 4.69) is 39.9 Å². The molecule has 6 nitrogen and oxygen atoms in total. The van der Waals surface area contributed by atoms with Gasteiger partial charge in [-0.05, 0) is 62.5 Å². The van der Waals surface area contributed by atoms with Crippen molar-refractivity contribution in [1.29, 1.82) is 0 Å². The number of nitrogens with one attached hydrogen (secondary N) is 1. The molecule has 0 bridgehead atoms. The minimum absolute atomic E-state index is 0. The molecule has 2 aromatic carbocycles. The minimum atomic E-state index is -0.0161. The predicted molar refractivity (Wildman–Crippen MR) is 121 cm³/mol. The van der Waals surface area contributed by atoms with Crippen molar-refractivity contribution >= 4 is 18.3 Å². The zero-order valence-electron chi connectivity index (χ0n) is 17.4. The third-order valence-electron chi connectivity index (χ3n) is 5.71. The molecule has 0 aliphatic carbocycles. The molecule has 1 saturated heterocycles. The summed E-state index contributed by atoms with van der Waals surface area (Å²) in [5.41, 5.74) is 4.45. The Hall–Kier alpha value is -2.70. The number of hydrogen-bond donors (Lipinski definition) is 1. The Morgan fingerprint density at radius 2 is 1.67 bits per heavy atom. The van der Waals surface area contributed by atoms with E-state index in [9.17, 15) is 4.79 Å². The minimum Gasteiger partial charge on any atom is -0.337 e. The van der Waals surface area contributed by atoms with Crippen molar-refractivity contribution in [2.24, 2.45) is 5.92 Å². The molecule has 0 saturated carbocycles. The number of halogens is 1. The van der Waals surface area contributed by atoms with Gasteiger partial charge in [-0.3, -0.25) is 4.79 Å². The van der Waals surface area contributed by atoms with E-state index < -0.39 is 0 Å². The highest BCUT2D eigenvalue weighted by Gasteiger charge is 2.27. The van der Waals surface area contributed by atoms with Gasteiger partial charge in [-0.25, -0.2) is 4.68 Å². The van der Waals surface area contributed by atoms with Gasteiger partial charge in [0.15, 0.2) is 5.69 Å². The summed E-state index contributed by atoms with van der Waals surface area (Å²) in [6.07, 6.45) is 2.06. The normalized spacial score (nSPS) is 14.4. The van der Waals surface area contributed by atoms with Crippen molar-refractivity contribution in [2.45, 2.75) is 19.8 Å². The second kappa shape index (κ2) is 9.87. The molecule has 4 rings (SSSR count). The van der Waals surface area contributed by atoms with Crippen molar-refractivity contribution < 1.29 is 4.79 Å². The van der Waals surface area contributed by atoms with Gasteiger partial charge in [0.2, 0.25) is 0 Å². The highest BCUT2D eigenvalue weighted by Crippen LogP contribution is 2.23. The van der Waals surface area contributed by atoms with Crippen molar-refractivity contribution in [3.05, 3.63) is 66.0 Å². The summed E-state index contributed by atoms with van der Waals surface area (Å²) < 4.78 is 1.75. The van der Waals surface area contributed by atoms with Crippen LogP contribution in [0.3, 0.4) is 0 Å². The summed E-state index contributed by atoms with van der Waals surface area (Å²) in [7, 11) is 1.98. The van der Waals surface area contributed by atoms with Gasteiger partial charge in [0, 0.05) is 13.1 Å². The Bertz CT molecular complexity index is 963. The van der Waals surface area contributed by atoms with Crippen LogP contribution in [-0.4, -0.2) is 52.5 Å². The molecule has 1 aromatic heterocycles. The maximum absolute atomic E-state index is 13.0. The Kier molecular flexibility index (Phi) is 7.24. The summed E-state index contributed by atoms with van der Waals surface area (Å²) in [5, 5.41) is 11.7. The van der Waals surface area contributed by atoms with E-state index >= 15 is 0 Å². The largest absolute Gasteiger partial charge is 0.337 e. The lowest BCUT2D eigenvalue weighted by Crippen LogP contribution is -2.40. The molecule has 0 unspecified atom stereocenters. The molecule has 0 radical (unpaired) electrons. The first kappa shape index (κ1) is 22.0. The molecule has 1 fully saturated rings. The van der Waals surface area contributed by atoms with Crippen LogP contribution >= 0.6 is 12.4 Å². The fraction of sp³-hybridized carbons (Fsp3) is 0.348. The smallest absolute Gasteiger partial charge is 0.276 e. The van der Waals surface area contributed by atoms with Gasteiger partial charge in [0.05, 0.1) is 11.4 Å². The monoisotopic (exact) mass is 425 g/mol. The van der Waals surface area contributed by atoms with E-state index in [1.165, 1.54) is 5.56 Å². The van der Waals surface area contributed by atoms with Crippen molar-refractivity contribution in [3.8, 4) is 16.8 Å². The first-order chi connectivity index (χ1) is 14.2. The average molecular weight is 426 g/mol. The van der Waals surface area contributed by atoms with Gasteiger partial charge in [-0.15, -0.1) is 17.5 Å². The van der Waals surface area contributed by atoms with Gasteiger partial charge < -0.3 is 10.2 Å². The fourth-order valence-electron chi connectivity index (χ4n) is 3.98. The van der Waals surface area contributed by atoms with Crippen molar-refractivity contribution in [3.63, 3.8) is 0 Å². The lowest BCUT2D eigenvalue weighted by atomic mass is 9.96. The standard InChI is InChI=1S/C23H27N5O.ClH/c1-17-22(23(29)27-14-12-18(13-15-27)16-24-2)25-26-28(17)21-10-8-20(9-11-21)19-6-4-3-5-7-19;/h3-11,18,24H,12-16H2,1-2H3;1H. The van der Waals surface area contributed by atoms with Crippen LogP contribution in [0.5, 0.6) is 0 Å².